The predicted molar refractivity (Wildman–Crippen MR) is 133 cm³/mol. The summed E-state index contributed by atoms with van der Waals surface area (Å²) in [4.78, 5) is 51.4. The van der Waals surface area contributed by atoms with E-state index in [9.17, 15) is 19.2 Å². The molecule has 0 radical (unpaired) electrons. The van der Waals surface area contributed by atoms with Crippen LogP contribution in [0.2, 0.25) is 0 Å². The molecular weight excluding hydrogens is 442 g/mol. The first-order valence-electron chi connectivity index (χ1n) is 11.5. The minimum absolute atomic E-state index is 0.132. The van der Waals surface area contributed by atoms with Gasteiger partial charge in [-0.1, -0.05) is 31.2 Å². The second-order valence-electron chi connectivity index (χ2n) is 9.16. The van der Waals surface area contributed by atoms with Gasteiger partial charge in [-0.3, -0.25) is 24.1 Å². The molecule has 7 heteroatoms. The first-order valence-corrected chi connectivity index (χ1v) is 11.5. The van der Waals surface area contributed by atoms with Gasteiger partial charge in [-0.25, -0.2) is 0 Å². The number of nitrogens with zero attached hydrogens (tertiary/aromatic N) is 1. The first-order chi connectivity index (χ1) is 16.7. The largest absolute Gasteiger partial charge is 0.347 e. The molecule has 178 valence electrons. The fourth-order valence-electron chi connectivity index (χ4n) is 3.70. The van der Waals surface area contributed by atoms with Crippen molar-refractivity contribution in [2.45, 2.75) is 39.3 Å². The van der Waals surface area contributed by atoms with Crippen LogP contribution in [-0.4, -0.2) is 34.1 Å². The van der Waals surface area contributed by atoms with Crippen molar-refractivity contribution in [2.75, 3.05) is 5.32 Å². The Morgan fingerprint density at radius 2 is 1.29 bits per heavy atom. The zero-order chi connectivity index (χ0) is 25.2. The Hall–Kier alpha value is -4.26. The highest BCUT2D eigenvalue weighted by atomic mass is 16.2. The third-order valence-corrected chi connectivity index (χ3v) is 6.18. The van der Waals surface area contributed by atoms with E-state index < -0.39 is 0 Å². The number of imide groups is 1. The maximum Gasteiger partial charge on any atom is 0.261 e. The lowest BCUT2D eigenvalue weighted by atomic mass is 10.0. The Kier molecular flexibility index (Phi) is 6.51. The summed E-state index contributed by atoms with van der Waals surface area (Å²) in [5, 5.41) is 5.79. The maximum atomic E-state index is 12.7. The average molecular weight is 470 g/mol. The molecule has 35 heavy (non-hydrogen) atoms. The molecule has 0 saturated carbocycles. The molecular formula is C28H27N3O4. The van der Waals surface area contributed by atoms with Gasteiger partial charge < -0.3 is 10.6 Å². The van der Waals surface area contributed by atoms with Gasteiger partial charge in [0.25, 0.3) is 23.6 Å². The van der Waals surface area contributed by atoms with Crippen LogP contribution in [0.4, 0.5) is 5.69 Å². The fourth-order valence-corrected chi connectivity index (χ4v) is 3.70. The van der Waals surface area contributed by atoms with Crippen LogP contribution < -0.4 is 10.6 Å². The van der Waals surface area contributed by atoms with Crippen molar-refractivity contribution in [3.05, 3.63) is 101 Å². The molecule has 3 aromatic carbocycles. The molecule has 2 N–H and O–H groups in total. The van der Waals surface area contributed by atoms with E-state index in [1.807, 2.05) is 20.8 Å². The van der Waals surface area contributed by atoms with E-state index in [1.165, 1.54) is 4.90 Å². The number of benzene rings is 3. The average Bonchev–Trinajstić information content (AvgIpc) is 3.09. The second kappa shape index (κ2) is 9.54. The number of hydrogen-bond acceptors (Lipinski definition) is 4. The van der Waals surface area contributed by atoms with Gasteiger partial charge in [0.1, 0.15) is 0 Å². The van der Waals surface area contributed by atoms with Crippen molar-refractivity contribution >= 4 is 29.3 Å². The van der Waals surface area contributed by atoms with Gasteiger partial charge in [0, 0.05) is 22.4 Å². The highest BCUT2D eigenvalue weighted by Crippen LogP contribution is 2.24. The van der Waals surface area contributed by atoms with Crippen LogP contribution in [0.5, 0.6) is 0 Å². The number of hydrogen-bond donors (Lipinski definition) is 2. The summed E-state index contributed by atoms with van der Waals surface area (Å²) in [5.74, 6) is -1.10. The lowest BCUT2D eigenvalue weighted by Gasteiger charge is -2.24. The molecule has 0 fully saturated rings. The lowest BCUT2D eigenvalue weighted by molar-refractivity contribution is 0.0641. The van der Waals surface area contributed by atoms with E-state index >= 15 is 0 Å². The molecule has 7 nitrogen and oxygen atoms in total. The Bertz CT molecular complexity index is 1260. The standard InChI is InChI=1S/C28H27N3O4/c1-4-28(2,3)30-25(33)20-13-15-21(16-14-20)29-24(32)19-11-9-18(10-12-19)17-31-26(34)22-7-5-6-8-23(22)27(31)35/h5-16H,4,17H2,1-3H3,(H,29,32)(H,30,33). The molecule has 0 spiro atoms. The van der Waals surface area contributed by atoms with Crippen LogP contribution >= 0.6 is 0 Å². The summed E-state index contributed by atoms with van der Waals surface area (Å²) >= 11 is 0. The summed E-state index contributed by atoms with van der Waals surface area (Å²) < 4.78 is 0. The van der Waals surface area contributed by atoms with Gasteiger partial charge in [0.2, 0.25) is 0 Å². The molecule has 1 aliphatic heterocycles. The van der Waals surface area contributed by atoms with Gasteiger partial charge in [0.05, 0.1) is 17.7 Å². The van der Waals surface area contributed by atoms with Crippen LogP contribution in [0.3, 0.4) is 0 Å². The highest BCUT2D eigenvalue weighted by Gasteiger charge is 2.34. The number of rotatable bonds is 7. The third kappa shape index (κ3) is 5.14. The summed E-state index contributed by atoms with van der Waals surface area (Å²) in [6, 6.07) is 20.2. The zero-order valence-corrected chi connectivity index (χ0v) is 19.9. The monoisotopic (exact) mass is 469 g/mol. The van der Waals surface area contributed by atoms with Gasteiger partial charge in [-0.15, -0.1) is 0 Å². The van der Waals surface area contributed by atoms with Crippen molar-refractivity contribution < 1.29 is 19.2 Å². The molecule has 4 amide bonds. The minimum Gasteiger partial charge on any atom is -0.347 e. The molecule has 0 atom stereocenters. The Labute approximate surface area is 204 Å². The van der Waals surface area contributed by atoms with Gasteiger partial charge in [-0.2, -0.15) is 0 Å². The molecule has 3 aromatic rings. The molecule has 4 rings (SSSR count). The molecule has 0 aliphatic carbocycles. The van der Waals surface area contributed by atoms with Crippen LogP contribution in [0.1, 0.15) is 74.2 Å². The normalized spacial score (nSPS) is 12.9. The Morgan fingerprint density at radius 3 is 1.83 bits per heavy atom. The number of nitrogens with one attached hydrogen (secondary N) is 2. The summed E-state index contributed by atoms with van der Waals surface area (Å²) in [5.41, 5.74) is 2.77. The van der Waals surface area contributed by atoms with Crippen molar-refractivity contribution in [3.63, 3.8) is 0 Å². The number of anilines is 1. The molecule has 0 bridgehead atoms. The summed E-state index contributed by atoms with van der Waals surface area (Å²) in [6.07, 6.45) is 0.809. The molecule has 0 aromatic heterocycles. The molecule has 0 unspecified atom stereocenters. The molecule has 1 aliphatic rings. The SMILES string of the molecule is CCC(C)(C)NC(=O)c1ccc(NC(=O)c2ccc(CN3C(=O)c4ccccc4C3=O)cc2)cc1. The highest BCUT2D eigenvalue weighted by molar-refractivity contribution is 6.21. The first kappa shape index (κ1) is 23.9. The van der Waals surface area contributed by atoms with Crippen molar-refractivity contribution in [2.24, 2.45) is 0 Å². The van der Waals surface area contributed by atoms with Crippen molar-refractivity contribution in [3.8, 4) is 0 Å². The number of carbonyl (C=O) groups excluding carboxylic acids is 4. The Morgan fingerprint density at radius 1 is 0.771 bits per heavy atom. The lowest BCUT2D eigenvalue weighted by Crippen LogP contribution is -2.42. The van der Waals surface area contributed by atoms with Crippen LogP contribution in [0.15, 0.2) is 72.8 Å². The third-order valence-electron chi connectivity index (χ3n) is 6.18. The number of amides is 4. The molecule has 0 saturated heterocycles. The van der Waals surface area contributed by atoms with E-state index in [2.05, 4.69) is 10.6 Å². The minimum atomic E-state index is -0.317. The topological polar surface area (TPSA) is 95.6 Å². The van der Waals surface area contributed by atoms with E-state index in [0.29, 0.717) is 27.9 Å². The van der Waals surface area contributed by atoms with E-state index in [4.69, 9.17) is 0 Å². The summed E-state index contributed by atoms with van der Waals surface area (Å²) in [7, 11) is 0. The smallest absolute Gasteiger partial charge is 0.261 e. The predicted octanol–water partition coefficient (Wildman–Crippen LogP) is 4.65. The second-order valence-corrected chi connectivity index (χ2v) is 9.16. The Balaban J connectivity index is 1.37. The van der Waals surface area contributed by atoms with Crippen molar-refractivity contribution in [1.82, 2.24) is 10.2 Å². The quantitative estimate of drug-likeness (QED) is 0.492. The van der Waals surface area contributed by atoms with Gasteiger partial charge in [0.15, 0.2) is 0 Å². The maximum absolute atomic E-state index is 12.7. The van der Waals surface area contributed by atoms with E-state index in [0.717, 1.165) is 12.0 Å². The van der Waals surface area contributed by atoms with E-state index in [1.54, 1.807) is 72.8 Å². The van der Waals surface area contributed by atoms with Crippen LogP contribution in [0, 0.1) is 0 Å². The zero-order valence-electron chi connectivity index (χ0n) is 19.9. The molecule has 1 heterocycles. The fraction of sp³-hybridized carbons (Fsp3) is 0.214. The van der Waals surface area contributed by atoms with Crippen molar-refractivity contribution in [1.29, 1.82) is 0 Å². The van der Waals surface area contributed by atoms with Gasteiger partial charge >= 0.3 is 0 Å². The number of fused-ring (bicyclic) bond motifs is 1. The van der Waals surface area contributed by atoms with E-state index in [-0.39, 0.29) is 35.7 Å². The van der Waals surface area contributed by atoms with Crippen LogP contribution in [-0.2, 0) is 6.54 Å². The van der Waals surface area contributed by atoms with Crippen LogP contribution in [0.25, 0.3) is 0 Å². The van der Waals surface area contributed by atoms with Gasteiger partial charge in [-0.05, 0) is 74.4 Å². The summed E-state index contributed by atoms with van der Waals surface area (Å²) in [6.45, 7) is 6.07. The number of carbonyl (C=O) groups is 4.